The van der Waals surface area contributed by atoms with Crippen LogP contribution < -0.4 is 5.32 Å². The Balaban J connectivity index is 1.37. The van der Waals surface area contributed by atoms with Gasteiger partial charge in [-0.2, -0.15) is 0 Å². The molecule has 2 aromatic rings. The number of amides is 1. The van der Waals surface area contributed by atoms with Crippen molar-refractivity contribution in [3.8, 4) is 0 Å². The molecule has 27 heavy (non-hydrogen) atoms. The van der Waals surface area contributed by atoms with Gasteiger partial charge in [-0.15, -0.1) is 0 Å². The van der Waals surface area contributed by atoms with Gasteiger partial charge in [0.25, 0.3) is 5.91 Å². The number of benzene rings is 1. The van der Waals surface area contributed by atoms with E-state index in [1.165, 1.54) is 25.9 Å². The number of likely N-dealkylation sites (tertiary alicyclic amines) is 1. The molecule has 2 bridgehead atoms. The first kappa shape index (κ1) is 17.2. The van der Waals surface area contributed by atoms with Crippen LogP contribution in [0.1, 0.15) is 47.8 Å². The lowest BCUT2D eigenvalue weighted by atomic mass is 9.84. The maximum Gasteiger partial charge on any atom is 0.253 e. The molecule has 1 aromatic heterocycles. The first-order valence-corrected chi connectivity index (χ1v) is 10.3. The Morgan fingerprint density at radius 3 is 2.63 bits per heavy atom. The fourth-order valence-electron chi connectivity index (χ4n) is 4.95. The number of oxazole rings is 1. The molecule has 0 aliphatic carbocycles. The molecule has 5 heterocycles. The van der Waals surface area contributed by atoms with Crippen LogP contribution >= 0.6 is 0 Å². The van der Waals surface area contributed by atoms with Gasteiger partial charge in [-0.3, -0.25) is 4.79 Å². The topological polar surface area (TPSA) is 61.6 Å². The van der Waals surface area contributed by atoms with Crippen molar-refractivity contribution >= 4 is 17.0 Å². The van der Waals surface area contributed by atoms with E-state index >= 15 is 0 Å². The van der Waals surface area contributed by atoms with E-state index in [9.17, 15) is 4.79 Å². The summed E-state index contributed by atoms with van der Waals surface area (Å²) >= 11 is 0. The molecule has 6 heteroatoms. The van der Waals surface area contributed by atoms with Crippen molar-refractivity contribution in [2.75, 3.05) is 39.8 Å². The number of hydrogen-bond donors (Lipinski definition) is 1. The van der Waals surface area contributed by atoms with Crippen molar-refractivity contribution in [2.45, 2.75) is 37.6 Å². The summed E-state index contributed by atoms with van der Waals surface area (Å²) in [6.07, 6.45) is 4.51. The second kappa shape index (κ2) is 6.91. The highest BCUT2D eigenvalue weighted by Crippen LogP contribution is 2.31. The Labute approximate surface area is 159 Å². The van der Waals surface area contributed by atoms with Crippen LogP contribution in [0.2, 0.25) is 0 Å². The predicted octanol–water partition coefficient (Wildman–Crippen LogP) is 2.46. The van der Waals surface area contributed by atoms with Crippen LogP contribution in [-0.2, 0) is 0 Å². The van der Waals surface area contributed by atoms with Crippen molar-refractivity contribution in [3.63, 3.8) is 0 Å². The van der Waals surface area contributed by atoms with Gasteiger partial charge in [-0.05, 0) is 77.0 Å². The third-order valence-electron chi connectivity index (χ3n) is 6.72. The highest BCUT2D eigenvalue weighted by atomic mass is 16.3. The van der Waals surface area contributed by atoms with Crippen LogP contribution in [0, 0.1) is 5.92 Å². The zero-order valence-corrected chi connectivity index (χ0v) is 16.0. The molecule has 0 saturated carbocycles. The number of nitrogens with one attached hydrogen (secondary N) is 1. The summed E-state index contributed by atoms with van der Waals surface area (Å²) in [6.45, 7) is 5.46. The Kier molecular flexibility index (Phi) is 4.40. The smallest absolute Gasteiger partial charge is 0.253 e. The second-order valence-electron chi connectivity index (χ2n) is 8.50. The quantitative estimate of drug-likeness (QED) is 0.902. The van der Waals surface area contributed by atoms with Gasteiger partial charge in [-0.25, -0.2) is 4.98 Å². The van der Waals surface area contributed by atoms with Gasteiger partial charge in [0.15, 0.2) is 11.5 Å². The van der Waals surface area contributed by atoms with E-state index in [1.807, 2.05) is 18.2 Å². The Hall–Kier alpha value is -1.92. The number of aromatic nitrogens is 1. The van der Waals surface area contributed by atoms with Crippen LogP contribution in [-0.4, -0.2) is 66.5 Å². The number of carbonyl (C=O) groups is 1. The normalized spacial score (nSPS) is 29.3. The molecule has 6 rings (SSSR count). The molecule has 1 amide bonds. The molecule has 4 aliphatic rings. The van der Waals surface area contributed by atoms with Gasteiger partial charge < -0.3 is 19.5 Å². The summed E-state index contributed by atoms with van der Waals surface area (Å²) in [5.74, 6) is 1.75. The second-order valence-corrected chi connectivity index (χ2v) is 8.50. The Morgan fingerprint density at radius 2 is 1.93 bits per heavy atom. The molecule has 1 atom stereocenters. The van der Waals surface area contributed by atoms with Gasteiger partial charge in [0.05, 0.1) is 5.56 Å². The van der Waals surface area contributed by atoms with Crippen molar-refractivity contribution in [2.24, 2.45) is 5.92 Å². The lowest BCUT2D eigenvalue weighted by molar-refractivity contribution is 0.0621. The standard InChI is InChI=1S/C21H28N4O2/c1-24-9-5-15(6-10-24)21-23-19-16(3-2-4-18(19)27-21)20(26)22-17-13-25-11-7-14(17)8-12-25/h2-4,14-15,17H,5-13H2,1H3,(H,22,26)/t17-/m1/s1. The van der Waals surface area contributed by atoms with Crippen molar-refractivity contribution in [3.05, 3.63) is 29.7 Å². The van der Waals surface area contributed by atoms with Gasteiger partial charge in [0, 0.05) is 18.5 Å². The summed E-state index contributed by atoms with van der Waals surface area (Å²) in [6, 6.07) is 5.96. The van der Waals surface area contributed by atoms with E-state index in [0.717, 1.165) is 43.9 Å². The molecule has 0 unspecified atom stereocenters. The Bertz CT molecular complexity index is 832. The number of piperidine rings is 4. The summed E-state index contributed by atoms with van der Waals surface area (Å²) in [7, 11) is 2.15. The largest absolute Gasteiger partial charge is 0.440 e. The summed E-state index contributed by atoms with van der Waals surface area (Å²) in [5, 5.41) is 3.28. The zero-order valence-electron chi connectivity index (χ0n) is 16.0. The highest BCUT2D eigenvalue weighted by molar-refractivity contribution is 6.04. The van der Waals surface area contributed by atoms with E-state index in [4.69, 9.17) is 9.40 Å². The number of carbonyl (C=O) groups excluding carboxylic acids is 1. The molecule has 4 aliphatic heterocycles. The SMILES string of the molecule is CN1CCC(c2nc3c(C(=O)N[C@@H]4CN5CCC4CC5)cccc3o2)CC1. The van der Waals surface area contributed by atoms with Crippen LogP contribution in [0.5, 0.6) is 0 Å². The molecule has 0 radical (unpaired) electrons. The van der Waals surface area contributed by atoms with Gasteiger partial charge in [-0.1, -0.05) is 6.07 Å². The fraction of sp³-hybridized carbons (Fsp3) is 0.619. The third-order valence-corrected chi connectivity index (χ3v) is 6.72. The molecule has 0 spiro atoms. The predicted molar refractivity (Wildman–Crippen MR) is 104 cm³/mol. The van der Waals surface area contributed by atoms with Crippen LogP contribution in [0.3, 0.4) is 0 Å². The summed E-state index contributed by atoms with van der Waals surface area (Å²) < 4.78 is 6.06. The number of para-hydroxylation sites is 1. The lowest BCUT2D eigenvalue weighted by Gasteiger charge is -2.44. The molecule has 144 valence electrons. The van der Waals surface area contributed by atoms with Gasteiger partial charge in [0.2, 0.25) is 0 Å². The molecule has 4 saturated heterocycles. The van der Waals surface area contributed by atoms with Crippen molar-refractivity contribution < 1.29 is 9.21 Å². The van der Waals surface area contributed by atoms with E-state index in [-0.39, 0.29) is 11.9 Å². The number of fused-ring (bicyclic) bond motifs is 4. The average molecular weight is 368 g/mol. The first-order chi connectivity index (χ1) is 13.2. The van der Waals surface area contributed by atoms with E-state index < -0.39 is 0 Å². The van der Waals surface area contributed by atoms with Crippen molar-refractivity contribution in [1.29, 1.82) is 0 Å². The van der Waals surface area contributed by atoms with Crippen LogP contribution in [0.15, 0.2) is 22.6 Å². The van der Waals surface area contributed by atoms with Crippen LogP contribution in [0.4, 0.5) is 0 Å². The molecular weight excluding hydrogens is 340 g/mol. The molecule has 1 aromatic carbocycles. The third kappa shape index (κ3) is 3.25. The molecular formula is C21H28N4O2. The molecule has 1 N–H and O–H groups in total. The highest BCUT2D eigenvalue weighted by Gasteiger charge is 2.35. The van der Waals surface area contributed by atoms with E-state index in [1.54, 1.807) is 0 Å². The van der Waals surface area contributed by atoms with Gasteiger partial charge >= 0.3 is 0 Å². The fourth-order valence-corrected chi connectivity index (χ4v) is 4.95. The van der Waals surface area contributed by atoms with Crippen molar-refractivity contribution in [1.82, 2.24) is 20.1 Å². The molecule has 6 nitrogen and oxygen atoms in total. The zero-order chi connectivity index (χ0) is 18.4. The molecule has 4 fully saturated rings. The maximum absolute atomic E-state index is 13.0. The van der Waals surface area contributed by atoms with Crippen LogP contribution in [0.25, 0.3) is 11.1 Å². The monoisotopic (exact) mass is 368 g/mol. The minimum absolute atomic E-state index is 0.0115. The number of rotatable bonds is 3. The summed E-state index contributed by atoms with van der Waals surface area (Å²) in [4.78, 5) is 22.6. The number of hydrogen-bond acceptors (Lipinski definition) is 5. The van der Waals surface area contributed by atoms with Gasteiger partial charge in [0.1, 0.15) is 5.52 Å². The maximum atomic E-state index is 13.0. The first-order valence-electron chi connectivity index (χ1n) is 10.3. The summed E-state index contributed by atoms with van der Waals surface area (Å²) in [5.41, 5.74) is 2.09. The minimum Gasteiger partial charge on any atom is -0.440 e. The number of nitrogens with zero attached hydrogens (tertiary/aromatic N) is 3. The average Bonchev–Trinajstić information content (AvgIpc) is 3.13. The Morgan fingerprint density at radius 1 is 1.15 bits per heavy atom. The van der Waals surface area contributed by atoms with E-state index in [0.29, 0.717) is 22.9 Å². The minimum atomic E-state index is -0.0115. The van der Waals surface area contributed by atoms with E-state index in [2.05, 4.69) is 22.2 Å². The lowest BCUT2D eigenvalue weighted by Crippen LogP contribution is -2.57.